The van der Waals surface area contributed by atoms with Crippen molar-refractivity contribution in [2.24, 2.45) is 0 Å². The summed E-state index contributed by atoms with van der Waals surface area (Å²) in [5, 5.41) is 4.29. The van der Waals surface area contributed by atoms with Crippen molar-refractivity contribution < 1.29 is 4.74 Å². The van der Waals surface area contributed by atoms with E-state index in [2.05, 4.69) is 47.6 Å². The van der Waals surface area contributed by atoms with Crippen LogP contribution in [0.5, 0.6) is 0 Å². The van der Waals surface area contributed by atoms with Crippen LogP contribution in [0, 0.1) is 6.92 Å². The molecule has 0 radical (unpaired) electrons. The Morgan fingerprint density at radius 3 is 2.85 bits per heavy atom. The van der Waals surface area contributed by atoms with Crippen LogP contribution in [0.1, 0.15) is 11.1 Å². The van der Waals surface area contributed by atoms with Crippen molar-refractivity contribution in [3.8, 4) is 0 Å². The van der Waals surface area contributed by atoms with Gasteiger partial charge in [0, 0.05) is 12.8 Å². The second-order valence-corrected chi connectivity index (χ2v) is 5.73. The molecule has 1 N–H and O–H groups in total. The minimum atomic E-state index is 0.620. The van der Waals surface area contributed by atoms with Crippen molar-refractivity contribution in [3.63, 3.8) is 0 Å². The molecule has 0 bridgehead atoms. The molecule has 0 fully saturated rings. The molecule has 0 aliphatic heterocycles. The van der Waals surface area contributed by atoms with E-state index in [-0.39, 0.29) is 0 Å². The molecule has 0 saturated heterocycles. The van der Waals surface area contributed by atoms with Crippen molar-refractivity contribution in [3.05, 3.63) is 53.6 Å². The first-order chi connectivity index (χ1) is 9.76. The number of methoxy groups -OCH3 is 1. The Morgan fingerprint density at radius 2 is 2.05 bits per heavy atom. The molecule has 0 aliphatic carbocycles. The van der Waals surface area contributed by atoms with E-state index in [1.807, 2.05) is 12.1 Å². The third kappa shape index (κ3) is 2.66. The monoisotopic (exact) mass is 284 g/mol. The smallest absolute Gasteiger partial charge is 0.188 e. The molecule has 20 heavy (non-hydrogen) atoms. The fourth-order valence-electron chi connectivity index (χ4n) is 2.17. The van der Waals surface area contributed by atoms with E-state index in [0.717, 1.165) is 21.9 Å². The van der Waals surface area contributed by atoms with Crippen LogP contribution in [-0.2, 0) is 11.3 Å². The number of thiazole rings is 1. The van der Waals surface area contributed by atoms with Gasteiger partial charge < -0.3 is 10.1 Å². The van der Waals surface area contributed by atoms with Gasteiger partial charge in [0.2, 0.25) is 0 Å². The molecule has 1 heterocycles. The third-order valence-corrected chi connectivity index (χ3v) is 4.05. The molecule has 4 heteroatoms. The Labute approximate surface area is 122 Å². The first kappa shape index (κ1) is 13.1. The number of nitrogens with one attached hydrogen (secondary N) is 1. The van der Waals surface area contributed by atoms with Gasteiger partial charge in [-0.15, -0.1) is 0 Å². The van der Waals surface area contributed by atoms with E-state index in [1.54, 1.807) is 18.4 Å². The third-order valence-electron chi connectivity index (χ3n) is 3.11. The van der Waals surface area contributed by atoms with Crippen LogP contribution in [0.3, 0.4) is 0 Å². The number of ether oxygens (including phenoxy) is 1. The largest absolute Gasteiger partial charge is 0.380 e. The molecule has 0 atom stereocenters. The van der Waals surface area contributed by atoms with Crippen LogP contribution >= 0.6 is 11.3 Å². The number of nitrogens with zero attached hydrogens (tertiary/aromatic N) is 1. The minimum Gasteiger partial charge on any atom is -0.380 e. The Bertz CT molecular complexity index is 736. The molecule has 3 rings (SSSR count). The van der Waals surface area contributed by atoms with Crippen molar-refractivity contribution >= 4 is 32.4 Å². The van der Waals surface area contributed by atoms with Gasteiger partial charge in [-0.3, -0.25) is 0 Å². The summed E-state index contributed by atoms with van der Waals surface area (Å²) < 4.78 is 6.36. The minimum absolute atomic E-state index is 0.620. The van der Waals surface area contributed by atoms with Crippen molar-refractivity contribution in [2.45, 2.75) is 13.5 Å². The van der Waals surface area contributed by atoms with Gasteiger partial charge in [0.25, 0.3) is 0 Å². The first-order valence-corrected chi connectivity index (χ1v) is 7.29. The van der Waals surface area contributed by atoms with E-state index < -0.39 is 0 Å². The number of fused-ring (bicyclic) bond motifs is 1. The molecule has 1 aromatic heterocycles. The molecular formula is C16H16N2OS. The predicted molar refractivity (Wildman–Crippen MR) is 84.8 cm³/mol. The highest BCUT2D eigenvalue weighted by molar-refractivity contribution is 7.22. The van der Waals surface area contributed by atoms with Crippen LogP contribution in [0.4, 0.5) is 10.8 Å². The molecule has 0 amide bonds. The molecule has 102 valence electrons. The van der Waals surface area contributed by atoms with Gasteiger partial charge in [-0.05, 0) is 36.2 Å². The summed E-state index contributed by atoms with van der Waals surface area (Å²) in [4.78, 5) is 4.66. The Hall–Kier alpha value is -1.91. The quantitative estimate of drug-likeness (QED) is 0.766. The van der Waals surface area contributed by atoms with Crippen LogP contribution < -0.4 is 5.32 Å². The summed E-state index contributed by atoms with van der Waals surface area (Å²) in [5.74, 6) is 0. The summed E-state index contributed by atoms with van der Waals surface area (Å²) in [7, 11) is 1.70. The SMILES string of the molecule is COCc1cccc(Nc2nc3c(C)cccc3s2)c1. The van der Waals surface area contributed by atoms with Crippen molar-refractivity contribution in [2.75, 3.05) is 12.4 Å². The van der Waals surface area contributed by atoms with Gasteiger partial charge in [0.1, 0.15) is 0 Å². The standard InChI is InChI=1S/C16H16N2OS/c1-11-5-3-8-14-15(11)18-16(20-14)17-13-7-4-6-12(9-13)10-19-2/h3-9H,10H2,1-2H3,(H,17,18). The van der Waals surface area contributed by atoms with Gasteiger partial charge in [0.05, 0.1) is 16.8 Å². The normalized spacial score (nSPS) is 10.9. The Morgan fingerprint density at radius 1 is 1.20 bits per heavy atom. The lowest BCUT2D eigenvalue weighted by Crippen LogP contribution is -1.92. The average molecular weight is 284 g/mol. The maximum Gasteiger partial charge on any atom is 0.188 e. The lowest BCUT2D eigenvalue weighted by atomic mass is 10.2. The fraction of sp³-hybridized carbons (Fsp3) is 0.188. The number of anilines is 2. The fourth-order valence-corrected chi connectivity index (χ4v) is 3.13. The van der Waals surface area contributed by atoms with Gasteiger partial charge in [-0.25, -0.2) is 4.98 Å². The molecule has 3 aromatic rings. The summed E-state index contributed by atoms with van der Waals surface area (Å²) in [6.07, 6.45) is 0. The molecule has 0 spiro atoms. The molecule has 3 nitrogen and oxygen atoms in total. The number of benzene rings is 2. The number of para-hydroxylation sites is 1. The molecule has 0 unspecified atom stereocenters. The summed E-state index contributed by atoms with van der Waals surface area (Å²) in [6, 6.07) is 14.5. The zero-order valence-electron chi connectivity index (χ0n) is 11.5. The van der Waals surface area contributed by atoms with E-state index in [9.17, 15) is 0 Å². The average Bonchev–Trinajstić information content (AvgIpc) is 2.83. The number of aryl methyl sites for hydroxylation is 1. The van der Waals surface area contributed by atoms with Crippen LogP contribution in [0.25, 0.3) is 10.2 Å². The van der Waals surface area contributed by atoms with E-state index >= 15 is 0 Å². The van der Waals surface area contributed by atoms with E-state index in [0.29, 0.717) is 6.61 Å². The van der Waals surface area contributed by atoms with E-state index in [4.69, 9.17) is 4.74 Å². The van der Waals surface area contributed by atoms with Gasteiger partial charge in [-0.1, -0.05) is 35.6 Å². The van der Waals surface area contributed by atoms with Gasteiger partial charge >= 0.3 is 0 Å². The van der Waals surface area contributed by atoms with Gasteiger partial charge in [0.15, 0.2) is 5.13 Å². The summed E-state index contributed by atoms with van der Waals surface area (Å²) in [6.45, 7) is 2.71. The van der Waals surface area contributed by atoms with Crippen molar-refractivity contribution in [1.82, 2.24) is 4.98 Å². The maximum absolute atomic E-state index is 5.16. The number of hydrogen-bond acceptors (Lipinski definition) is 4. The second kappa shape index (κ2) is 5.61. The second-order valence-electron chi connectivity index (χ2n) is 4.70. The highest BCUT2D eigenvalue weighted by atomic mass is 32.1. The highest BCUT2D eigenvalue weighted by Crippen LogP contribution is 2.30. The van der Waals surface area contributed by atoms with Gasteiger partial charge in [-0.2, -0.15) is 0 Å². The summed E-state index contributed by atoms with van der Waals surface area (Å²) in [5.41, 5.74) is 4.47. The Kier molecular flexibility index (Phi) is 3.67. The number of aromatic nitrogens is 1. The first-order valence-electron chi connectivity index (χ1n) is 6.47. The topological polar surface area (TPSA) is 34.1 Å². The highest BCUT2D eigenvalue weighted by Gasteiger charge is 2.06. The zero-order chi connectivity index (χ0) is 13.9. The molecule has 2 aromatic carbocycles. The van der Waals surface area contributed by atoms with Crippen molar-refractivity contribution in [1.29, 1.82) is 0 Å². The molecule has 0 aliphatic rings. The number of hydrogen-bond donors (Lipinski definition) is 1. The lowest BCUT2D eigenvalue weighted by Gasteiger charge is -2.05. The number of rotatable bonds is 4. The lowest BCUT2D eigenvalue weighted by molar-refractivity contribution is 0.185. The molecular weight excluding hydrogens is 268 g/mol. The van der Waals surface area contributed by atoms with Crippen LogP contribution in [0.2, 0.25) is 0 Å². The van der Waals surface area contributed by atoms with Crippen LogP contribution in [0.15, 0.2) is 42.5 Å². The Balaban J connectivity index is 1.89. The molecule has 0 saturated carbocycles. The predicted octanol–water partition coefficient (Wildman–Crippen LogP) is 4.49. The summed E-state index contributed by atoms with van der Waals surface area (Å²) >= 11 is 1.67. The zero-order valence-corrected chi connectivity index (χ0v) is 12.3. The maximum atomic E-state index is 5.16. The van der Waals surface area contributed by atoms with Crippen LogP contribution in [-0.4, -0.2) is 12.1 Å². The van der Waals surface area contributed by atoms with E-state index in [1.165, 1.54) is 10.3 Å².